The average Bonchev–Trinajstić information content (AvgIpc) is 2.16. The van der Waals surface area contributed by atoms with Gasteiger partial charge < -0.3 is 9.84 Å². The molecule has 14 heavy (non-hydrogen) atoms. The highest BCUT2D eigenvalue weighted by Crippen LogP contribution is 2.05. The lowest BCUT2D eigenvalue weighted by atomic mass is 10.5. The Balaban J connectivity index is 0. The van der Waals surface area contributed by atoms with E-state index in [0.717, 1.165) is 0 Å². The number of methoxy groups -OCH3 is 1. The molecule has 0 aromatic carbocycles. The van der Waals surface area contributed by atoms with Crippen molar-refractivity contribution in [2.24, 2.45) is 0 Å². The van der Waals surface area contributed by atoms with Crippen LogP contribution in [0, 0.1) is 0 Å². The maximum absolute atomic E-state index is 10.5. The van der Waals surface area contributed by atoms with Crippen molar-refractivity contribution in [2.75, 3.05) is 25.4 Å². The maximum Gasteiger partial charge on any atom is 0.318 e. The van der Waals surface area contributed by atoms with Crippen molar-refractivity contribution in [2.45, 2.75) is 12.2 Å². The predicted octanol–water partition coefficient (Wildman–Crippen LogP) is 1.34. The van der Waals surface area contributed by atoms with Crippen LogP contribution in [0.15, 0.2) is 0 Å². The Morgan fingerprint density at radius 2 is 1.93 bits per heavy atom. The third-order valence-corrected chi connectivity index (χ3v) is 2.59. The first-order valence-electron chi connectivity index (χ1n) is 3.80. The quantitative estimate of drug-likeness (QED) is 0.748. The van der Waals surface area contributed by atoms with E-state index in [1.54, 1.807) is 6.26 Å². The number of carbonyl (C=O) groups is 2. The molecule has 0 fully saturated rings. The number of carbonyl (C=O) groups excluding carboxylic acids is 1. The zero-order valence-electron chi connectivity index (χ0n) is 8.77. The van der Waals surface area contributed by atoms with Gasteiger partial charge in [0.2, 0.25) is 0 Å². The molecule has 0 amide bonds. The number of esters is 1. The van der Waals surface area contributed by atoms with Gasteiger partial charge in [0.05, 0.1) is 18.1 Å². The number of hydrogen-bond acceptors (Lipinski definition) is 5. The number of carboxylic acids is 1. The van der Waals surface area contributed by atoms with Gasteiger partial charge in [-0.25, -0.2) is 0 Å². The first-order valence-corrected chi connectivity index (χ1v) is 6.49. The molecular formula is C8H16O4S2. The van der Waals surface area contributed by atoms with Crippen LogP contribution in [0.1, 0.15) is 6.92 Å². The topological polar surface area (TPSA) is 63.6 Å². The summed E-state index contributed by atoms with van der Waals surface area (Å²) in [6.07, 6.45) is 3.63. The van der Waals surface area contributed by atoms with Crippen LogP contribution in [0.3, 0.4) is 0 Å². The highest BCUT2D eigenvalue weighted by Gasteiger charge is 2.09. The zero-order valence-corrected chi connectivity index (χ0v) is 10.4. The van der Waals surface area contributed by atoms with Gasteiger partial charge in [-0.15, -0.1) is 0 Å². The van der Waals surface area contributed by atoms with Gasteiger partial charge in [-0.3, -0.25) is 9.59 Å². The fourth-order valence-corrected chi connectivity index (χ4v) is 0.921. The minimum Gasteiger partial charge on any atom is -0.481 e. The second-order valence-electron chi connectivity index (χ2n) is 2.23. The average molecular weight is 240 g/mol. The number of ether oxygens (including phenoxy) is 1. The van der Waals surface area contributed by atoms with Crippen LogP contribution in [0.5, 0.6) is 0 Å². The van der Waals surface area contributed by atoms with E-state index in [-0.39, 0.29) is 17.0 Å². The van der Waals surface area contributed by atoms with Gasteiger partial charge in [0.1, 0.15) is 0 Å². The lowest BCUT2D eigenvalue weighted by Crippen LogP contribution is -2.13. The second-order valence-corrected chi connectivity index (χ2v) is 4.27. The van der Waals surface area contributed by atoms with Crippen molar-refractivity contribution in [3.63, 3.8) is 0 Å². The summed E-state index contributed by atoms with van der Waals surface area (Å²) >= 11 is 2.79. The van der Waals surface area contributed by atoms with E-state index >= 15 is 0 Å². The number of thioether (sulfide) groups is 2. The van der Waals surface area contributed by atoms with Crippen molar-refractivity contribution in [3.05, 3.63) is 0 Å². The molecule has 0 saturated carbocycles. The standard InChI is InChI=1S/C5H10O2S.C3H6O2S/c1-4(8-3)5(6)7-2;1-6-2-3(4)5/h4H,1-3H3;2H2,1H3,(H,4,5). The minimum atomic E-state index is -0.748. The molecule has 1 N–H and O–H groups in total. The number of hydrogen-bond donors (Lipinski definition) is 1. The number of carboxylic acid groups (broad SMARTS) is 1. The molecular weight excluding hydrogens is 224 g/mol. The maximum atomic E-state index is 10.5. The fraction of sp³-hybridized carbons (Fsp3) is 0.750. The summed E-state index contributed by atoms with van der Waals surface area (Å²) in [6, 6.07) is 0. The predicted molar refractivity (Wildman–Crippen MR) is 61.0 cm³/mol. The molecule has 0 rings (SSSR count). The highest BCUT2D eigenvalue weighted by molar-refractivity contribution is 7.99. The molecule has 4 nitrogen and oxygen atoms in total. The molecule has 0 aliphatic carbocycles. The molecule has 0 aromatic heterocycles. The molecule has 0 aliphatic heterocycles. The fourth-order valence-electron chi connectivity index (χ4n) is 0.386. The summed E-state index contributed by atoms with van der Waals surface area (Å²) in [7, 11) is 1.40. The van der Waals surface area contributed by atoms with Crippen LogP contribution >= 0.6 is 23.5 Å². The Hall–Kier alpha value is -0.360. The molecule has 6 heteroatoms. The van der Waals surface area contributed by atoms with Crippen LogP contribution in [0.2, 0.25) is 0 Å². The van der Waals surface area contributed by atoms with Crippen molar-refractivity contribution in [3.8, 4) is 0 Å². The lowest BCUT2D eigenvalue weighted by molar-refractivity contribution is -0.139. The van der Waals surface area contributed by atoms with Gasteiger partial charge in [0.15, 0.2) is 0 Å². The van der Waals surface area contributed by atoms with Crippen molar-refractivity contribution < 1.29 is 19.4 Å². The molecule has 0 heterocycles. The summed E-state index contributed by atoms with van der Waals surface area (Å²) in [4.78, 5) is 20.1. The van der Waals surface area contributed by atoms with Crippen molar-refractivity contribution in [1.29, 1.82) is 0 Å². The van der Waals surface area contributed by atoms with Gasteiger partial charge in [-0.1, -0.05) is 0 Å². The van der Waals surface area contributed by atoms with Crippen molar-refractivity contribution in [1.82, 2.24) is 0 Å². The van der Waals surface area contributed by atoms with E-state index in [4.69, 9.17) is 5.11 Å². The normalized spacial score (nSPS) is 10.9. The SMILES string of the molecule is COC(=O)C(C)SC.CSCC(=O)O. The van der Waals surface area contributed by atoms with E-state index in [1.807, 2.05) is 13.2 Å². The van der Waals surface area contributed by atoms with Gasteiger partial charge in [0.25, 0.3) is 0 Å². The third-order valence-electron chi connectivity index (χ3n) is 1.15. The third kappa shape index (κ3) is 11.6. The van der Waals surface area contributed by atoms with E-state index in [1.165, 1.54) is 30.6 Å². The van der Waals surface area contributed by atoms with E-state index in [2.05, 4.69) is 4.74 Å². The Morgan fingerprint density at radius 1 is 1.43 bits per heavy atom. The summed E-state index contributed by atoms with van der Waals surface area (Å²) in [5, 5.41) is 7.86. The molecule has 1 unspecified atom stereocenters. The van der Waals surface area contributed by atoms with E-state index in [0.29, 0.717) is 0 Å². The van der Waals surface area contributed by atoms with Gasteiger partial charge in [-0.2, -0.15) is 23.5 Å². The molecule has 0 aromatic rings. The molecule has 0 spiro atoms. The minimum absolute atomic E-state index is 0.0278. The Kier molecular flexibility index (Phi) is 12.3. The molecule has 84 valence electrons. The van der Waals surface area contributed by atoms with Gasteiger partial charge >= 0.3 is 11.9 Å². The Morgan fingerprint density at radius 3 is 2.00 bits per heavy atom. The monoisotopic (exact) mass is 240 g/mol. The Bertz CT molecular complexity index is 173. The molecule has 0 radical (unpaired) electrons. The second kappa shape index (κ2) is 10.7. The van der Waals surface area contributed by atoms with Crippen LogP contribution in [-0.2, 0) is 14.3 Å². The molecule has 1 atom stereocenters. The molecule has 0 aliphatic rings. The largest absolute Gasteiger partial charge is 0.481 e. The lowest BCUT2D eigenvalue weighted by Gasteiger charge is -2.02. The summed E-state index contributed by atoms with van der Waals surface area (Å²) < 4.78 is 4.44. The molecule has 0 bridgehead atoms. The smallest absolute Gasteiger partial charge is 0.318 e. The van der Waals surface area contributed by atoms with Crippen LogP contribution < -0.4 is 0 Å². The summed E-state index contributed by atoms with van der Waals surface area (Å²) in [5.41, 5.74) is 0. The number of rotatable bonds is 4. The highest BCUT2D eigenvalue weighted by atomic mass is 32.2. The molecule has 0 saturated heterocycles. The van der Waals surface area contributed by atoms with Gasteiger partial charge in [0, 0.05) is 0 Å². The van der Waals surface area contributed by atoms with Crippen LogP contribution in [0.25, 0.3) is 0 Å². The first kappa shape index (κ1) is 16.1. The Labute approximate surface area is 92.8 Å². The number of aliphatic carboxylic acids is 1. The summed E-state index contributed by atoms with van der Waals surface area (Å²) in [6.45, 7) is 1.82. The summed E-state index contributed by atoms with van der Waals surface area (Å²) in [5.74, 6) is -0.694. The van der Waals surface area contributed by atoms with Crippen molar-refractivity contribution >= 4 is 35.5 Å². The first-order chi connectivity index (χ1) is 6.49. The van der Waals surface area contributed by atoms with Crippen LogP contribution in [0.4, 0.5) is 0 Å². The van der Waals surface area contributed by atoms with Crippen LogP contribution in [-0.4, -0.2) is 47.7 Å². The van der Waals surface area contributed by atoms with Gasteiger partial charge in [-0.05, 0) is 19.4 Å². The van der Waals surface area contributed by atoms with E-state index in [9.17, 15) is 9.59 Å². The van der Waals surface area contributed by atoms with E-state index < -0.39 is 5.97 Å². The zero-order chi connectivity index (χ0) is 11.6.